The Morgan fingerprint density at radius 1 is 1.29 bits per heavy atom. The molecule has 2 rings (SSSR count). The van der Waals surface area contributed by atoms with Crippen LogP contribution in [0.25, 0.3) is 0 Å². The highest BCUT2D eigenvalue weighted by Crippen LogP contribution is 2.30. The molecule has 0 saturated heterocycles. The highest BCUT2D eigenvalue weighted by Gasteiger charge is 2.06. The van der Waals surface area contributed by atoms with Gasteiger partial charge in [0.25, 0.3) is 0 Å². The van der Waals surface area contributed by atoms with Crippen LogP contribution in [0.15, 0.2) is 36.5 Å². The summed E-state index contributed by atoms with van der Waals surface area (Å²) < 4.78 is 5.26. The van der Waals surface area contributed by atoms with Crippen molar-refractivity contribution in [2.45, 2.75) is 6.92 Å². The number of pyridine rings is 1. The molecule has 2 aromatic rings. The first-order valence-electron chi connectivity index (χ1n) is 5.23. The predicted molar refractivity (Wildman–Crippen MR) is 70.3 cm³/mol. The van der Waals surface area contributed by atoms with Crippen LogP contribution in [-0.2, 0) is 0 Å². The second kappa shape index (κ2) is 5.06. The molecular weight excluding hydrogens is 236 g/mol. The molecule has 0 bridgehead atoms. The Bertz CT molecular complexity index is 529. The predicted octanol–water partition coefficient (Wildman–Crippen LogP) is 3.80. The maximum absolute atomic E-state index is 5.96. The molecule has 88 valence electrons. The van der Waals surface area contributed by atoms with Crippen LogP contribution >= 0.6 is 11.6 Å². The molecule has 4 heteroatoms. The van der Waals surface area contributed by atoms with E-state index in [-0.39, 0.29) is 0 Å². The Kier molecular flexibility index (Phi) is 3.49. The van der Waals surface area contributed by atoms with Crippen LogP contribution in [0.2, 0.25) is 5.02 Å². The van der Waals surface area contributed by atoms with Gasteiger partial charge in [0.1, 0.15) is 11.6 Å². The summed E-state index contributed by atoms with van der Waals surface area (Å²) in [7, 11) is 1.62. The van der Waals surface area contributed by atoms with Crippen LogP contribution < -0.4 is 10.1 Å². The standard InChI is InChI=1S/C13H13ClN2O/c1-9-4-3-7-15-13(9)16-11-8-10(14)5-6-12(11)17-2/h3-8H,1-2H3,(H,15,16). The van der Waals surface area contributed by atoms with Gasteiger partial charge in [-0.25, -0.2) is 4.98 Å². The zero-order valence-electron chi connectivity index (χ0n) is 9.70. The zero-order chi connectivity index (χ0) is 12.3. The minimum atomic E-state index is 0.655. The van der Waals surface area contributed by atoms with E-state index in [0.717, 1.165) is 22.8 Å². The summed E-state index contributed by atoms with van der Waals surface area (Å²) in [6, 6.07) is 9.32. The van der Waals surface area contributed by atoms with Crippen molar-refractivity contribution < 1.29 is 4.74 Å². The molecule has 1 N–H and O–H groups in total. The summed E-state index contributed by atoms with van der Waals surface area (Å²) in [5.41, 5.74) is 1.87. The molecule has 0 atom stereocenters. The number of aryl methyl sites for hydroxylation is 1. The number of nitrogens with zero attached hydrogens (tertiary/aromatic N) is 1. The van der Waals surface area contributed by atoms with Gasteiger partial charge in [0.05, 0.1) is 12.8 Å². The van der Waals surface area contributed by atoms with E-state index in [2.05, 4.69) is 10.3 Å². The van der Waals surface area contributed by atoms with E-state index in [1.807, 2.05) is 31.2 Å². The fourth-order valence-corrected chi connectivity index (χ4v) is 1.69. The van der Waals surface area contributed by atoms with Crippen molar-refractivity contribution in [2.75, 3.05) is 12.4 Å². The van der Waals surface area contributed by atoms with Crippen molar-refractivity contribution in [2.24, 2.45) is 0 Å². The maximum Gasteiger partial charge on any atom is 0.142 e. The summed E-state index contributed by atoms with van der Waals surface area (Å²) in [4.78, 5) is 4.27. The van der Waals surface area contributed by atoms with Crippen LogP contribution in [-0.4, -0.2) is 12.1 Å². The normalized spacial score (nSPS) is 10.1. The van der Waals surface area contributed by atoms with E-state index in [9.17, 15) is 0 Å². The Morgan fingerprint density at radius 2 is 2.12 bits per heavy atom. The lowest BCUT2D eigenvalue weighted by Gasteiger charge is -2.12. The molecule has 0 saturated carbocycles. The van der Waals surface area contributed by atoms with Crippen molar-refractivity contribution in [1.29, 1.82) is 0 Å². The molecule has 0 amide bonds. The van der Waals surface area contributed by atoms with Crippen molar-refractivity contribution in [3.63, 3.8) is 0 Å². The average molecular weight is 249 g/mol. The number of hydrogen-bond donors (Lipinski definition) is 1. The average Bonchev–Trinajstić information content (AvgIpc) is 2.32. The molecule has 1 aromatic carbocycles. The molecule has 0 spiro atoms. The largest absolute Gasteiger partial charge is 0.495 e. The molecule has 0 radical (unpaired) electrons. The van der Waals surface area contributed by atoms with Crippen LogP contribution in [0.4, 0.5) is 11.5 Å². The molecule has 0 aliphatic rings. The number of rotatable bonds is 3. The fourth-order valence-electron chi connectivity index (χ4n) is 1.52. The lowest BCUT2D eigenvalue weighted by molar-refractivity contribution is 0.417. The van der Waals surface area contributed by atoms with Gasteiger partial charge in [0.2, 0.25) is 0 Å². The number of ether oxygens (including phenoxy) is 1. The first-order chi connectivity index (χ1) is 8.20. The summed E-state index contributed by atoms with van der Waals surface area (Å²) in [6.07, 6.45) is 1.74. The van der Waals surface area contributed by atoms with E-state index < -0.39 is 0 Å². The molecule has 0 aliphatic carbocycles. The number of hydrogen-bond acceptors (Lipinski definition) is 3. The van der Waals surface area contributed by atoms with Crippen molar-refractivity contribution >= 4 is 23.1 Å². The van der Waals surface area contributed by atoms with Crippen LogP contribution in [0.1, 0.15) is 5.56 Å². The smallest absolute Gasteiger partial charge is 0.142 e. The molecule has 0 aliphatic heterocycles. The fraction of sp³-hybridized carbons (Fsp3) is 0.154. The van der Waals surface area contributed by atoms with Gasteiger partial charge in [-0.1, -0.05) is 17.7 Å². The second-order valence-electron chi connectivity index (χ2n) is 3.64. The summed E-state index contributed by atoms with van der Waals surface area (Å²) >= 11 is 5.96. The van der Waals surface area contributed by atoms with Crippen molar-refractivity contribution in [1.82, 2.24) is 4.98 Å². The van der Waals surface area contributed by atoms with Gasteiger partial charge < -0.3 is 10.1 Å². The second-order valence-corrected chi connectivity index (χ2v) is 4.07. The Labute approximate surface area is 105 Å². The monoisotopic (exact) mass is 248 g/mol. The molecule has 1 heterocycles. The van der Waals surface area contributed by atoms with E-state index >= 15 is 0 Å². The third-order valence-corrected chi connectivity index (χ3v) is 2.66. The molecule has 3 nitrogen and oxygen atoms in total. The highest BCUT2D eigenvalue weighted by atomic mass is 35.5. The molecule has 0 fully saturated rings. The molecular formula is C13H13ClN2O. The highest BCUT2D eigenvalue weighted by molar-refractivity contribution is 6.31. The topological polar surface area (TPSA) is 34.1 Å². The van der Waals surface area contributed by atoms with Gasteiger partial charge in [0, 0.05) is 11.2 Å². The molecule has 0 unspecified atom stereocenters. The minimum Gasteiger partial charge on any atom is -0.495 e. The van der Waals surface area contributed by atoms with Gasteiger partial charge in [0.15, 0.2) is 0 Å². The number of aromatic nitrogens is 1. The number of nitrogens with one attached hydrogen (secondary N) is 1. The Morgan fingerprint density at radius 3 is 2.82 bits per heavy atom. The maximum atomic E-state index is 5.96. The lowest BCUT2D eigenvalue weighted by Crippen LogP contribution is -1.98. The van der Waals surface area contributed by atoms with Crippen LogP contribution in [0.5, 0.6) is 5.75 Å². The van der Waals surface area contributed by atoms with E-state index in [0.29, 0.717) is 5.02 Å². The van der Waals surface area contributed by atoms with Crippen molar-refractivity contribution in [3.05, 3.63) is 47.1 Å². The minimum absolute atomic E-state index is 0.655. The van der Waals surface area contributed by atoms with E-state index in [1.54, 1.807) is 19.4 Å². The third kappa shape index (κ3) is 2.68. The number of halogens is 1. The Balaban J connectivity index is 2.35. The summed E-state index contributed by atoms with van der Waals surface area (Å²) in [5.74, 6) is 1.53. The van der Waals surface area contributed by atoms with Gasteiger partial charge in [-0.15, -0.1) is 0 Å². The van der Waals surface area contributed by atoms with Crippen molar-refractivity contribution in [3.8, 4) is 5.75 Å². The van der Waals surface area contributed by atoms with Crippen LogP contribution in [0.3, 0.4) is 0 Å². The van der Waals surface area contributed by atoms with Crippen LogP contribution in [0, 0.1) is 6.92 Å². The quantitative estimate of drug-likeness (QED) is 0.897. The number of methoxy groups -OCH3 is 1. The third-order valence-electron chi connectivity index (χ3n) is 2.42. The SMILES string of the molecule is COc1ccc(Cl)cc1Nc1ncccc1C. The van der Waals surface area contributed by atoms with E-state index in [4.69, 9.17) is 16.3 Å². The molecule has 1 aromatic heterocycles. The molecule has 17 heavy (non-hydrogen) atoms. The Hall–Kier alpha value is -1.74. The van der Waals surface area contributed by atoms with Gasteiger partial charge in [-0.3, -0.25) is 0 Å². The lowest BCUT2D eigenvalue weighted by atomic mass is 10.2. The van der Waals surface area contributed by atoms with Gasteiger partial charge in [-0.2, -0.15) is 0 Å². The summed E-state index contributed by atoms with van der Waals surface area (Å²) in [5, 5.41) is 3.87. The first kappa shape index (κ1) is 11.7. The van der Waals surface area contributed by atoms with Gasteiger partial charge >= 0.3 is 0 Å². The van der Waals surface area contributed by atoms with E-state index in [1.165, 1.54) is 0 Å². The number of anilines is 2. The number of benzene rings is 1. The zero-order valence-corrected chi connectivity index (χ0v) is 10.5. The first-order valence-corrected chi connectivity index (χ1v) is 5.60. The van der Waals surface area contributed by atoms with Gasteiger partial charge in [-0.05, 0) is 36.8 Å². The summed E-state index contributed by atoms with van der Waals surface area (Å²) in [6.45, 7) is 1.99.